The van der Waals surface area contributed by atoms with E-state index in [-0.39, 0.29) is 0 Å². The summed E-state index contributed by atoms with van der Waals surface area (Å²) in [6.45, 7) is 2.33. The van der Waals surface area contributed by atoms with Crippen molar-refractivity contribution >= 4 is 16.5 Å². The van der Waals surface area contributed by atoms with E-state index in [0.717, 1.165) is 10.6 Å². The van der Waals surface area contributed by atoms with Crippen molar-refractivity contribution < 1.29 is 9.47 Å². The number of nitrogens with zero attached hydrogens (tertiary/aromatic N) is 2. The normalized spacial score (nSPS) is 10.2. The van der Waals surface area contributed by atoms with E-state index < -0.39 is 0 Å². The van der Waals surface area contributed by atoms with Crippen LogP contribution in [0.5, 0.6) is 11.5 Å². The second kappa shape index (κ2) is 5.65. The molecular formula is C11H14N4O2S. The lowest BCUT2D eigenvalue weighted by Crippen LogP contribution is -2.05. The third kappa shape index (κ3) is 2.88. The van der Waals surface area contributed by atoms with Gasteiger partial charge in [0.25, 0.3) is 0 Å². The van der Waals surface area contributed by atoms with Crippen molar-refractivity contribution in [1.29, 1.82) is 0 Å². The Morgan fingerprint density at radius 2 is 2.17 bits per heavy atom. The van der Waals surface area contributed by atoms with Crippen LogP contribution in [-0.2, 0) is 6.61 Å². The molecule has 3 N–H and O–H groups in total. The van der Waals surface area contributed by atoms with Gasteiger partial charge in [-0.1, -0.05) is 17.4 Å². The summed E-state index contributed by atoms with van der Waals surface area (Å²) in [5.74, 6) is 6.62. The van der Waals surface area contributed by atoms with Crippen LogP contribution in [-0.4, -0.2) is 17.3 Å². The highest BCUT2D eigenvalue weighted by atomic mass is 32.1. The lowest BCUT2D eigenvalue weighted by Gasteiger charge is -2.09. The van der Waals surface area contributed by atoms with E-state index in [4.69, 9.17) is 15.3 Å². The van der Waals surface area contributed by atoms with Gasteiger partial charge in [-0.2, -0.15) is 0 Å². The lowest BCUT2D eigenvalue weighted by atomic mass is 10.2. The molecular weight excluding hydrogens is 252 g/mol. The molecule has 0 saturated heterocycles. The molecule has 6 nitrogen and oxygen atoms in total. The quantitative estimate of drug-likeness (QED) is 0.633. The summed E-state index contributed by atoms with van der Waals surface area (Å²) in [5, 5.41) is 9.06. The summed E-state index contributed by atoms with van der Waals surface area (Å²) in [6.07, 6.45) is 0. The van der Waals surface area contributed by atoms with Gasteiger partial charge in [0.1, 0.15) is 6.61 Å². The number of rotatable bonds is 5. The van der Waals surface area contributed by atoms with Gasteiger partial charge in [-0.25, -0.2) is 5.84 Å². The van der Waals surface area contributed by atoms with Gasteiger partial charge >= 0.3 is 0 Å². The monoisotopic (exact) mass is 266 g/mol. The Morgan fingerprint density at radius 1 is 1.33 bits per heavy atom. The number of hydrogen-bond acceptors (Lipinski definition) is 7. The topological polar surface area (TPSA) is 82.3 Å². The Hall–Kier alpha value is -1.86. The number of hydrazine groups is 1. The molecule has 0 aliphatic heterocycles. The Balaban J connectivity index is 2.05. The van der Waals surface area contributed by atoms with E-state index in [1.807, 2.05) is 25.1 Å². The maximum Gasteiger partial charge on any atom is 0.219 e. The van der Waals surface area contributed by atoms with Crippen LogP contribution in [0.15, 0.2) is 18.2 Å². The van der Waals surface area contributed by atoms with Crippen LogP contribution in [0.25, 0.3) is 0 Å². The van der Waals surface area contributed by atoms with Crippen LogP contribution >= 0.6 is 11.3 Å². The third-order valence-electron chi connectivity index (χ3n) is 2.26. The molecule has 0 amide bonds. The molecule has 1 aromatic carbocycles. The van der Waals surface area contributed by atoms with Crippen LogP contribution < -0.4 is 20.7 Å². The highest BCUT2D eigenvalue weighted by molar-refractivity contribution is 7.15. The Morgan fingerprint density at radius 3 is 2.83 bits per heavy atom. The minimum atomic E-state index is 0.332. The molecule has 1 aromatic heterocycles. The minimum absolute atomic E-state index is 0.332. The number of nitrogens with two attached hydrogens (primary N) is 1. The van der Waals surface area contributed by atoms with E-state index in [1.54, 1.807) is 7.11 Å². The summed E-state index contributed by atoms with van der Waals surface area (Å²) in [4.78, 5) is 0. The maximum atomic E-state index is 5.64. The minimum Gasteiger partial charge on any atom is -0.493 e. The van der Waals surface area contributed by atoms with Gasteiger partial charge in [-0.3, -0.25) is 5.43 Å². The zero-order chi connectivity index (χ0) is 13.0. The molecule has 18 heavy (non-hydrogen) atoms. The number of anilines is 1. The molecule has 0 unspecified atom stereocenters. The Labute approximate surface area is 109 Å². The summed E-state index contributed by atoms with van der Waals surface area (Å²) in [6, 6.07) is 5.75. The maximum absolute atomic E-state index is 5.64. The Kier molecular flexibility index (Phi) is 3.96. The SMILES string of the molecule is COc1cc(C)ccc1OCc1nnc(NN)s1. The molecule has 0 aliphatic carbocycles. The standard InChI is InChI=1S/C11H14N4O2S/c1-7-3-4-8(9(5-7)16-2)17-6-10-14-15-11(13-12)18-10/h3-5H,6,12H2,1-2H3,(H,13,15). The Bertz CT molecular complexity index is 530. The molecule has 2 aromatic rings. The van der Waals surface area contributed by atoms with Crippen molar-refractivity contribution in [3.05, 3.63) is 28.8 Å². The molecule has 0 fully saturated rings. The van der Waals surface area contributed by atoms with E-state index in [1.165, 1.54) is 11.3 Å². The van der Waals surface area contributed by atoms with Gasteiger partial charge in [0.15, 0.2) is 16.5 Å². The van der Waals surface area contributed by atoms with Crippen molar-refractivity contribution in [3.63, 3.8) is 0 Å². The van der Waals surface area contributed by atoms with Gasteiger partial charge in [0.05, 0.1) is 7.11 Å². The van der Waals surface area contributed by atoms with Crippen LogP contribution in [0.4, 0.5) is 5.13 Å². The number of methoxy groups -OCH3 is 1. The number of aromatic nitrogens is 2. The van der Waals surface area contributed by atoms with Crippen molar-refractivity contribution in [2.75, 3.05) is 12.5 Å². The summed E-state index contributed by atoms with van der Waals surface area (Å²) < 4.78 is 10.9. The molecule has 0 saturated carbocycles. The number of ether oxygens (including phenoxy) is 2. The number of aryl methyl sites for hydroxylation is 1. The first-order chi connectivity index (χ1) is 8.72. The largest absolute Gasteiger partial charge is 0.493 e. The molecule has 2 rings (SSSR count). The second-order valence-corrected chi connectivity index (χ2v) is 4.65. The van der Waals surface area contributed by atoms with Crippen molar-refractivity contribution in [3.8, 4) is 11.5 Å². The zero-order valence-corrected chi connectivity index (χ0v) is 11.0. The number of hydrogen-bond donors (Lipinski definition) is 2. The molecule has 0 aliphatic rings. The first kappa shape index (κ1) is 12.6. The van der Waals surface area contributed by atoms with Gasteiger partial charge in [0.2, 0.25) is 5.13 Å². The predicted octanol–water partition coefficient (Wildman–Crippen LogP) is 1.72. The number of nitrogen functional groups attached to an aromatic ring is 1. The zero-order valence-electron chi connectivity index (χ0n) is 10.1. The van der Waals surface area contributed by atoms with Gasteiger partial charge in [-0.05, 0) is 24.6 Å². The fourth-order valence-electron chi connectivity index (χ4n) is 1.40. The molecule has 0 radical (unpaired) electrons. The average molecular weight is 266 g/mol. The van der Waals surface area contributed by atoms with Crippen LogP contribution in [0.2, 0.25) is 0 Å². The number of benzene rings is 1. The van der Waals surface area contributed by atoms with E-state index in [2.05, 4.69) is 15.6 Å². The number of nitrogens with one attached hydrogen (secondary N) is 1. The van der Waals surface area contributed by atoms with Crippen LogP contribution in [0, 0.1) is 6.92 Å². The van der Waals surface area contributed by atoms with Crippen LogP contribution in [0.1, 0.15) is 10.6 Å². The lowest BCUT2D eigenvalue weighted by molar-refractivity contribution is 0.283. The second-order valence-electron chi connectivity index (χ2n) is 3.59. The van der Waals surface area contributed by atoms with E-state index >= 15 is 0 Å². The van der Waals surface area contributed by atoms with Crippen molar-refractivity contribution in [1.82, 2.24) is 10.2 Å². The van der Waals surface area contributed by atoms with E-state index in [9.17, 15) is 0 Å². The molecule has 0 spiro atoms. The average Bonchev–Trinajstić information content (AvgIpc) is 2.85. The summed E-state index contributed by atoms with van der Waals surface area (Å²) in [7, 11) is 1.61. The van der Waals surface area contributed by atoms with Gasteiger partial charge < -0.3 is 9.47 Å². The molecule has 0 atom stereocenters. The fraction of sp³-hybridized carbons (Fsp3) is 0.273. The summed E-state index contributed by atoms with van der Waals surface area (Å²) in [5.41, 5.74) is 3.56. The van der Waals surface area contributed by atoms with Crippen molar-refractivity contribution in [2.45, 2.75) is 13.5 Å². The van der Waals surface area contributed by atoms with Crippen LogP contribution in [0.3, 0.4) is 0 Å². The molecule has 1 heterocycles. The highest BCUT2D eigenvalue weighted by Crippen LogP contribution is 2.28. The first-order valence-corrected chi connectivity index (χ1v) is 6.11. The highest BCUT2D eigenvalue weighted by Gasteiger charge is 2.07. The first-order valence-electron chi connectivity index (χ1n) is 5.29. The molecule has 0 bridgehead atoms. The van der Waals surface area contributed by atoms with Crippen molar-refractivity contribution in [2.24, 2.45) is 5.84 Å². The smallest absolute Gasteiger partial charge is 0.219 e. The fourth-order valence-corrected chi connectivity index (χ4v) is 1.97. The van der Waals surface area contributed by atoms with Gasteiger partial charge in [-0.15, -0.1) is 10.2 Å². The van der Waals surface area contributed by atoms with E-state index in [0.29, 0.717) is 23.2 Å². The van der Waals surface area contributed by atoms with Gasteiger partial charge in [0, 0.05) is 0 Å². The predicted molar refractivity (Wildman–Crippen MR) is 69.8 cm³/mol. The summed E-state index contributed by atoms with van der Waals surface area (Å²) >= 11 is 1.34. The molecule has 96 valence electrons. The molecule has 7 heteroatoms. The third-order valence-corrected chi connectivity index (χ3v) is 3.09.